The number of sulfonamides is 1. The minimum atomic E-state index is -4.22. The van der Waals surface area contributed by atoms with Gasteiger partial charge in [-0.2, -0.15) is 0 Å². The summed E-state index contributed by atoms with van der Waals surface area (Å²) in [5.74, 6) is -0.545. The van der Waals surface area contributed by atoms with Crippen molar-refractivity contribution in [2.24, 2.45) is 0 Å². The summed E-state index contributed by atoms with van der Waals surface area (Å²) in [5.41, 5.74) is 3.80. The minimum Gasteiger partial charge on any atom is -0.495 e. The number of anilines is 1. The summed E-state index contributed by atoms with van der Waals surface area (Å²) >= 11 is 0. The van der Waals surface area contributed by atoms with Crippen LogP contribution in [0.1, 0.15) is 29.2 Å². The third-order valence-electron chi connectivity index (χ3n) is 7.47. The molecule has 0 heterocycles. The monoisotopic (exact) mass is 613 g/mol. The van der Waals surface area contributed by atoms with Crippen molar-refractivity contribution >= 4 is 27.5 Å². The molecule has 8 nitrogen and oxygen atoms in total. The normalized spacial score (nSPS) is 11.8. The first-order chi connectivity index (χ1) is 21.1. The molecule has 0 fully saturated rings. The van der Waals surface area contributed by atoms with Crippen LogP contribution in [0.15, 0.2) is 108 Å². The first-order valence-corrected chi connectivity index (χ1v) is 16.0. The van der Waals surface area contributed by atoms with Gasteiger partial charge < -0.3 is 15.0 Å². The number of hydrogen-bond acceptors (Lipinski definition) is 5. The summed E-state index contributed by atoms with van der Waals surface area (Å²) in [4.78, 5) is 29.7. The highest BCUT2D eigenvalue weighted by Gasteiger charge is 2.35. The number of carbonyl (C=O) groups excluding carboxylic acids is 2. The van der Waals surface area contributed by atoms with Gasteiger partial charge in [-0.05, 0) is 61.7 Å². The van der Waals surface area contributed by atoms with Crippen LogP contribution in [-0.4, -0.2) is 51.4 Å². The highest BCUT2D eigenvalue weighted by Crippen LogP contribution is 2.33. The maximum absolute atomic E-state index is 14.5. The third kappa shape index (κ3) is 7.65. The molecule has 0 radical (unpaired) electrons. The zero-order chi connectivity index (χ0) is 31.7. The predicted molar refractivity (Wildman–Crippen MR) is 173 cm³/mol. The summed E-state index contributed by atoms with van der Waals surface area (Å²) in [6, 6.07) is 29.4. The van der Waals surface area contributed by atoms with E-state index in [0.717, 1.165) is 26.6 Å². The van der Waals surface area contributed by atoms with Gasteiger partial charge in [0.1, 0.15) is 18.3 Å². The van der Waals surface area contributed by atoms with Crippen LogP contribution in [0, 0.1) is 13.8 Å². The molecule has 1 N–H and O–H groups in total. The van der Waals surface area contributed by atoms with Crippen molar-refractivity contribution in [2.45, 2.75) is 44.7 Å². The SMILES string of the molecule is CCNC(=O)[C@H](Cc1ccccc1)N(Cc1ccccc1C)C(=O)CN(c1ccccc1OC)S(=O)(=O)c1ccc(C)cc1. The number of hydrogen-bond donors (Lipinski definition) is 1. The van der Waals surface area contributed by atoms with Gasteiger partial charge >= 0.3 is 0 Å². The molecule has 1 atom stereocenters. The Bertz CT molecular complexity index is 1670. The van der Waals surface area contributed by atoms with E-state index < -0.39 is 28.5 Å². The molecule has 0 spiro atoms. The Morgan fingerprint density at radius 2 is 1.48 bits per heavy atom. The molecule has 0 saturated heterocycles. The summed E-state index contributed by atoms with van der Waals surface area (Å²) in [6.07, 6.45) is 0.254. The van der Waals surface area contributed by atoms with Gasteiger partial charge in [0.25, 0.3) is 10.0 Å². The van der Waals surface area contributed by atoms with Crippen LogP contribution >= 0.6 is 0 Å². The Morgan fingerprint density at radius 1 is 0.841 bits per heavy atom. The molecule has 44 heavy (non-hydrogen) atoms. The molecule has 0 unspecified atom stereocenters. The smallest absolute Gasteiger partial charge is 0.264 e. The number of nitrogens with one attached hydrogen (secondary N) is 1. The molecule has 0 aliphatic carbocycles. The third-order valence-corrected chi connectivity index (χ3v) is 9.24. The molecule has 230 valence electrons. The van der Waals surface area contributed by atoms with Crippen molar-refractivity contribution in [3.8, 4) is 5.75 Å². The van der Waals surface area contributed by atoms with Crippen LogP contribution in [0.5, 0.6) is 5.75 Å². The molecule has 9 heteroatoms. The maximum Gasteiger partial charge on any atom is 0.264 e. The van der Waals surface area contributed by atoms with Crippen molar-refractivity contribution < 1.29 is 22.7 Å². The van der Waals surface area contributed by atoms with Crippen molar-refractivity contribution in [3.05, 3.63) is 125 Å². The molecular weight excluding hydrogens is 574 g/mol. The van der Waals surface area contributed by atoms with E-state index in [2.05, 4.69) is 5.32 Å². The Morgan fingerprint density at radius 3 is 2.14 bits per heavy atom. The second-order valence-corrected chi connectivity index (χ2v) is 12.4. The summed E-state index contributed by atoms with van der Waals surface area (Å²) in [5, 5.41) is 2.88. The van der Waals surface area contributed by atoms with E-state index in [1.165, 1.54) is 24.1 Å². The Kier molecular flexibility index (Phi) is 10.8. The van der Waals surface area contributed by atoms with Crippen LogP contribution in [0.25, 0.3) is 0 Å². The summed E-state index contributed by atoms with van der Waals surface area (Å²) in [6.45, 7) is 5.58. The summed E-state index contributed by atoms with van der Waals surface area (Å²) < 4.78 is 35.0. The van der Waals surface area contributed by atoms with Crippen molar-refractivity contribution in [1.29, 1.82) is 0 Å². The van der Waals surface area contributed by atoms with Crippen molar-refractivity contribution in [3.63, 3.8) is 0 Å². The first kappa shape index (κ1) is 32.3. The predicted octanol–water partition coefficient (Wildman–Crippen LogP) is 5.28. The molecule has 4 rings (SSSR count). The topological polar surface area (TPSA) is 96.0 Å². The molecule has 4 aromatic rings. The average molecular weight is 614 g/mol. The fourth-order valence-corrected chi connectivity index (χ4v) is 6.43. The van der Waals surface area contributed by atoms with Gasteiger partial charge in [0.05, 0.1) is 17.7 Å². The highest BCUT2D eigenvalue weighted by atomic mass is 32.2. The zero-order valence-corrected chi connectivity index (χ0v) is 26.4. The van der Waals surface area contributed by atoms with E-state index in [0.29, 0.717) is 12.3 Å². The zero-order valence-electron chi connectivity index (χ0n) is 25.6. The second-order valence-electron chi connectivity index (χ2n) is 10.5. The van der Waals surface area contributed by atoms with Crippen molar-refractivity contribution in [2.75, 3.05) is 24.5 Å². The van der Waals surface area contributed by atoms with Gasteiger partial charge in [-0.3, -0.25) is 13.9 Å². The lowest BCUT2D eigenvalue weighted by Crippen LogP contribution is -2.53. The number of amides is 2. The Hall–Kier alpha value is -4.63. The average Bonchev–Trinajstić information content (AvgIpc) is 3.03. The lowest BCUT2D eigenvalue weighted by molar-refractivity contribution is -0.140. The Balaban J connectivity index is 1.83. The number of ether oxygens (including phenoxy) is 1. The molecule has 4 aromatic carbocycles. The molecule has 2 amide bonds. The lowest BCUT2D eigenvalue weighted by atomic mass is 10.0. The molecule has 0 bridgehead atoms. The largest absolute Gasteiger partial charge is 0.495 e. The Labute approximate surface area is 260 Å². The van der Waals surface area contributed by atoms with Gasteiger partial charge in [-0.1, -0.05) is 84.4 Å². The van der Waals surface area contributed by atoms with E-state index in [1.807, 2.05) is 75.4 Å². The van der Waals surface area contributed by atoms with Crippen LogP contribution < -0.4 is 14.4 Å². The summed E-state index contributed by atoms with van der Waals surface area (Å²) in [7, 11) is -2.77. The van der Waals surface area contributed by atoms with Gasteiger partial charge in [0.15, 0.2) is 0 Å². The number of rotatable bonds is 13. The molecule has 0 aromatic heterocycles. The fraction of sp³-hybridized carbons (Fsp3) is 0.257. The van der Waals surface area contributed by atoms with Crippen molar-refractivity contribution in [1.82, 2.24) is 10.2 Å². The number of methoxy groups -OCH3 is 1. The molecular formula is C35H39N3O5S. The fourth-order valence-electron chi connectivity index (χ4n) is 5.00. The standard InChI is InChI=1S/C35H39N3O5S/c1-5-36-35(40)32(23-28-14-7-6-8-15-28)37(24-29-16-10-9-13-27(29)3)34(39)25-38(31-17-11-12-18-33(31)43-4)44(41,42)30-21-19-26(2)20-22-30/h6-22,32H,5,23-25H2,1-4H3,(H,36,40)/t32-/m0/s1. The van der Waals surface area contributed by atoms with Crippen LogP contribution in [0.3, 0.4) is 0 Å². The highest BCUT2D eigenvalue weighted by molar-refractivity contribution is 7.92. The number of para-hydroxylation sites is 2. The van der Waals surface area contributed by atoms with Gasteiger partial charge in [0, 0.05) is 19.5 Å². The molecule has 0 saturated carbocycles. The second kappa shape index (κ2) is 14.7. The van der Waals surface area contributed by atoms with Gasteiger partial charge in [0.2, 0.25) is 11.8 Å². The number of carbonyl (C=O) groups is 2. The molecule has 0 aliphatic rings. The van der Waals surface area contributed by atoms with E-state index in [1.54, 1.807) is 36.4 Å². The van der Waals surface area contributed by atoms with E-state index in [4.69, 9.17) is 4.74 Å². The first-order valence-electron chi connectivity index (χ1n) is 14.5. The van der Waals surface area contributed by atoms with E-state index >= 15 is 0 Å². The number of likely N-dealkylation sites (N-methyl/N-ethyl adjacent to an activating group) is 1. The van der Waals surface area contributed by atoms with Crippen LogP contribution in [-0.2, 0) is 32.6 Å². The quantitative estimate of drug-likeness (QED) is 0.221. The van der Waals surface area contributed by atoms with Crippen LogP contribution in [0.4, 0.5) is 5.69 Å². The minimum absolute atomic E-state index is 0.0387. The van der Waals surface area contributed by atoms with Crippen LogP contribution in [0.2, 0.25) is 0 Å². The number of nitrogens with zero attached hydrogens (tertiary/aromatic N) is 2. The van der Waals surface area contributed by atoms with Gasteiger partial charge in [-0.25, -0.2) is 8.42 Å². The van der Waals surface area contributed by atoms with Gasteiger partial charge in [-0.15, -0.1) is 0 Å². The maximum atomic E-state index is 14.5. The van der Waals surface area contributed by atoms with E-state index in [9.17, 15) is 18.0 Å². The lowest BCUT2D eigenvalue weighted by Gasteiger charge is -2.34. The van der Waals surface area contributed by atoms with E-state index in [-0.39, 0.29) is 29.5 Å². The number of benzene rings is 4. The molecule has 0 aliphatic heterocycles. The number of aryl methyl sites for hydroxylation is 2.